The minimum atomic E-state index is -0.632. The molecule has 0 aliphatic heterocycles. The number of hydrogen-bond donors (Lipinski definition) is 1. The number of rotatable bonds is 14. The molecule has 37 heavy (non-hydrogen) atoms. The van der Waals surface area contributed by atoms with Crippen molar-refractivity contribution in [2.45, 2.75) is 56.5 Å². The molecule has 0 aromatic heterocycles. The molecule has 0 saturated carbocycles. The van der Waals surface area contributed by atoms with Gasteiger partial charge < -0.3 is 10.2 Å². The topological polar surface area (TPSA) is 49.4 Å². The van der Waals surface area contributed by atoms with Gasteiger partial charge in [0.25, 0.3) is 0 Å². The van der Waals surface area contributed by atoms with Gasteiger partial charge in [-0.25, -0.2) is 0 Å². The van der Waals surface area contributed by atoms with Gasteiger partial charge in [-0.3, -0.25) is 9.59 Å². The van der Waals surface area contributed by atoms with Gasteiger partial charge in [0.2, 0.25) is 11.8 Å². The normalized spacial score (nSPS) is 11.6. The van der Waals surface area contributed by atoms with E-state index in [1.165, 1.54) is 0 Å². The first-order chi connectivity index (χ1) is 18.0. The molecule has 0 saturated heterocycles. The fraction of sp³-hybridized carbons (Fsp3) is 0.333. The second kappa shape index (κ2) is 15.7. The molecule has 196 valence electrons. The Labute approximate surface area is 234 Å². The van der Waals surface area contributed by atoms with Crippen molar-refractivity contribution < 1.29 is 9.59 Å². The number of benzene rings is 3. The Balaban J connectivity index is 1.78. The summed E-state index contributed by atoms with van der Waals surface area (Å²) in [6.45, 7) is 2.96. The average Bonchev–Trinajstić information content (AvgIpc) is 2.91. The van der Waals surface area contributed by atoms with Gasteiger partial charge in [0.1, 0.15) is 6.04 Å². The molecular weight excluding hydrogens is 523 g/mol. The summed E-state index contributed by atoms with van der Waals surface area (Å²) in [5.74, 6) is 0.607. The molecule has 1 atom stereocenters. The highest BCUT2D eigenvalue weighted by Gasteiger charge is 2.30. The third-order valence-corrected chi connectivity index (χ3v) is 7.74. The van der Waals surface area contributed by atoms with Gasteiger partial charge in [0.15, 0.2) is 0 Å². The summed E-state index contributed by atoms with van der Waals surface area (Å²) >= 11 is 14.1. The van der Waals surface area contributed by atoms with Crippen molar-refractivity contribution in [3.05, 3.63) is 100 Å². The molecule has 4 nitrogen and oxygen atoms in total. The molecule has 3 aromatic rings. The number of carbonyl (C=O) groups is 2. The summed E-state index contributed by atoms with van der Waals surface area (Å²) in [5, 5.41) is 4.34. The molecule has 1 N–H and O–H groups in total. The van der Waals surface area contributed by atoms with Gasteiger partial charge >= 0.3 is 0 Å². The van der Waals surface area contributed by atoms with Crippen molar-refractivity contribution >= 4 is 46.8 Å². The molecule has 0 aliphatic carbocycles. The number of thioether (sulfide) groups is 1. The van der Waals surface area contributed by atoms with Crippen LogP contribution in [-0.4, -0.2) is 35.1 Å². The van der Waals surface area contributed by atoms with Gasteiger partial charge in [-0.1, -0.05) is 85.1 Å². The number of amides is 2. The van der Waals surface area contributed by atoms with Crippen LogP contribution in [0, 0.1) is 0 Å². The van der Waals surface area contributed by atoms with E-state index >= 15 is 0 Å². The van der Waals surface area contributed by atoms with Crippen molar-refractivity contribution in [2.24, 2.45) is 0 Å². The summed E-state index contributed by atoms with van der Waals surface area (Å²) < 4.78 is 0. The van der Waals surface area contributed by atoms with Crippen LogP contribution in [0.5, 0.6) is 0 Å². The SMILES string of the molecule is CCCCNC(=O)[C@@H](Cc1ccccc1)N(Cc1ccccc1Cl)C(=O)CCCSc1ccc(Cl)cc1. The van der Waals surface area contributed by atoms with Gasteiger partial charge in [-0.05, 0) is 60.1 Å². The average molecular weight is 558 g/mol. The minimum Gasteiger partial charge on any atom is -0.354 e. The van der Waals surface area contributed by atoms with E-state index in [-0.39, 0.29) is 18.4 Å². The lowest BCUT2D eigenvalue weighted by Crippen LogP contribution is -2.50. The summed E-state index contributed by atoms with van der Waals surface area (Å²) in [6, 6.07) is 24.4. The molecule has 3 rings (SSSR count). The van der Waals surface area contributed by atoms with Crippen LogP contribution >= 0.6 is 35.0 Å². The maximum atomic E-state index is 13.7. The third kappa shape index (κ3) is 9.73. The molecular formula is C30H34Cl2N2O2S. The fourth-order valence-electron chi connectivity index (χ4n) is 3.96. The molecule has 7 heteroatoms. The van der Waals surface area contributed by atoms with E-state index in [0.717, 1.165) is 34.6 Å². The minimum absolute atomic E-state index is 0.0526. The number of unbranched alkanes of at least 4 members (excludes halogenated alkanes) is 1. The summed E-state index contributed by atoms with van der Waals surface area (Å²) in [4.78, 5) is 29.9. The van der Waals surface area contributed by atoms with E-state index in [2.05, 4.69) is 12.2 Å². The van der Waals surface area contributed by atoms with Crippen LogP contribution < -0.4 is 5.32 Å². The molecule has 2 amide bonds. The van der Waals surface area contributed by atoms with E-state index in [0.29, 0.717) is 35.9 Å². The molecule has 3 aromatic carbocycles. The number of nitrogens with zero attached hydrogens (tertiary/aromatic N) is 1. The van der Waals surface area contributed by atoms with Gasteiger partial charge in [0, 0.05) is 40.9 Å². The largest absolute Gasteiger partial charge is 0.354 e. The number of hydrogen-bond acceptors (Lipinski definition) is 3. The molecule has 0 radical (unpaired) electrons. The Morgan fingerprint density at radius 2 is 1.62 bits per heavy atom. The zero-order valence-electron chi connectivity index (χ0n) is 21.2. The first-order valence-electron chi connectivity index (χ1n) is 12.7. The first kappa shape index (κ1) is 29.1. The Bertz CT molecular complexity index is 1130. The Morgan fingerprint density at radius 3 is 2.32 bits per heavy atom. The van der Waals surface area contributed by atoms with Gasteiger partial charge in [-0.2, -0.15) is 0 Å². The van der Waals surface area contributed by atoms with Crippen molar-refractivity contribution in [2.75, 3.05) is 12.3 Å². The maximum Gasteiger partial charge on any atom is 0.243 e. The highest BCUT2D eigenvalue weighted by molar-refractivity contribution is 7.99. The maximum absolute atomic E-state index is 13.7. The summed E-state index contributed by atoms with van der Waals surface area (Å²) in [7, 11) is 0. The monoisotopic (exact) mass is 556 g/mol. The van der Waals surface area contributed by atoms with Crippen LogP contribution in [0.25, 0.3) is 0 Å². The Morgan fingerprint density at radius 1 is 0.919 bits per heavy atom. The van der Waals surface area contributed by atoms with Crippen molar-refractivity contribution in [1.29, 1.82) is 0 Å². The number of halogens is 2. The zero-order chi connectivity index (χ0) is 26.5. The van der Waals surface area contributed by atoms with E-state index in [4.69, 9.17) is 23.2 Å². The van der Waals surface area contributed by atoms with Crippen molar-refractivity contribution in [3.63, 3.8) is 0 Å². The van der Waals surface area contributed by atoms with Crippen LogP contribution in [-0.2, 0) is 22.6 Å². The molecule has 0 spiro atoms. The van der Waals surface area contributed by atoms with Crippen molar-refractivity contribution in [1.82, 2.24) is 10.2 Å². The third-order valence-electron chi connectivity index (χ3n) is 6.02. The predicted octanol–water partition coefficient (Wildman–Crippen LogP) is 7.42. The predicted molar refractivity (Wildman–Crippen MR) is 155 cm³/mol. The molecule has 0 bridgehead atoms. The van der Waals surface area contributed by atoms with Gasteiger partial charge in [0.05, 0.1) is 0 Å². The second-order valence-corrected chi connectivity index (χ2v) is 10.9. The highest BCUT2D eigenvalue weighted by Crippen LogP contribution is 2.24. The van der Waals surface area contributed by atoms with Crippen LogP contribution in [0.4, 0.5) is 0 Å². The lowest BCUT2D eigenvalue weighted by Gasteiger charge is -2.32. The molecule has 0 unspecified atom stereocenters. The molecule has 0 heterocycles. The highest BCUT2D eigenvalue weighted by atomic mass is 35.5. The standard InChI is InChI=1S/C30H34Cl2N2O2S/c1-2-3-19-33-30(36)28(21-23-10-5-4-6-11-23)34(22-24-12-7-8-13-27(24)32)29(35)14-9-20-37-26-17-15-25(31)16-18-26/h4-8,10-13,15-18,28H,2-3,9,14,19-22H2,1H3,(H,33,36)/t28-/m1/s1. The van der Waals surface area contributed by atoms with E-state index in [1.54, 1.807) is 16.7 Å². The number of nitrogens with one attached hydrogen (secondary N) is 1. The van der Waals surface area contributed by atoms with Crippen LogP contribution in [0.2, 0.25) is 10.0 Å². The van der Waals surface area contributed by atoms with Crippen molar-refractivity contribution in [3.8, 4) is 0 Å². The Kier molecular flexibility index (Phi) is 12.3. The molecule has 0 aliphatic rings. The fourth-order valence-corrected chi connectivity index (χ4v) is 5.13. The summed E-state index contributed by atoms with van der Waals surface area (Å²) in [5.41, 5.74) is 1.83. The zero-order valence-corrected chi connectivity index (χ0v) is 23.5. The van der Waals surface area contributed by atoms with Crippen LogP contribution in [0.1, 0.15) is 43.7 Å². The smallest absolute Gasteiger partial charge is 0.243 e. The summed E-state index contributed by atoms with van der Waals surface area (Å²) in [6.07, 6.45) is 3.36. The second-order valence-electron chi connectivity index (χ2n) is 8.87. The number of carbonyl (C=O) groups excluding carboxylic acids is 2. The lowest BCUT2D eigenvalue weighted by atomic mass is 10.0. The van der Waals surface area contributed by atoms with E-state index in [9.17, 15) is 9.59 Å². The van der Waals surface area contributed by atoms with Crippen LogP contribution in [0.15, 0.2) is 83.8 Å². The van der Waals surface area contributed by atoms with Crippen LogP contribution in [0.3, 0.4) is 0 Å². The van der Waals surface area contributed by atoms with Gasteiger partial charge in [-0.15, -0.1) is 11.8 Å². The molecule has 0 fully saturated rings. The Hall–Kier alpha value is -2.47. The first-order valence-corrected chi connectivity index (χ1v) is 14.4. The quantitative estimate of drug-likeness (QED) is 0.166. The van der Waals surface area contributed by atoms with E-state index in [1.807, 2.05) is 78.9 Å². The van der Waals surface area contributed by atoms with E-state index < -0.39 is 6.04 Å². The lowest BCUT2D eigenvalue weighted by molar-refractivity contribution is -0.141.